The first kappa shape index (κ1) is 14.6. The summed E-state index contributed by atoms with van der Waals surface area (Å²) in [6, 6.07) is 5.69. The Labute approximate surface area is 126 Å². The van der Waals surface area contributed by atoms with Crippen LogP contribution >= 0.6 is 0 Å². The van der Waals surface area contributed by atoms with Gasteiger partial charge in [0.2, 0.25) is 11.8 Å². The van der Waals surface area contributed by atoms with Crippen LogP contribution in [0.15, 0.2) is 28.7 Å². The molecular formula is C14H15FN4O3. The summed E-state index contributed by atoms with van der Waals surface area (Å²) < 4.78 is 23.4. The summed E-state index contributed by atoms with van der Waals surface area (Å²) in [5, 5.41) is 10.1. The molecule has 0 spiro atoms. The van der Waals surface area contributed by atoms with Crippen molar-refractivity contribution in [3.05, 3.63) is 30.1 Å². The molecule has 0 radical (unpaired) electrons. The van der Waals surface area contributed by atoms with Crippen LogP contribution in [-0.2, 0) is 9.53 Å². The fourth-order valence-corrected chi connectivity index (χ4v) is 2.10. The summed E-state index contributed by atoms with van der Waals surface area (Å²) in [4.78, 5) is 13.9. The second kappa shape index (κ2) is 6.63. The molecule has 0 atom stereocenters. The number of anilines is 1. The topological polar surface area (TPSA) is 80.5 Å². The Morgan fingerprint density at radius 1 is 1.23 bits per heavy atom. The summed E-state index contributed by atoms with van der Waals surface area (Å²) in [6.45, 7) is 2.94. The van der Waals surface area contributed by atoms with Crippen LogP contribution in [0.25, 0.3) is 11.5 Å². The normalized spacial score (nSPS) is 15.7. The van der Waals surface area contributed by atoms with Crippen molar-refractivity contribution in [1.29, 1.82) is 0 Å². The molecule has 0 aliphatic carbocycles. The van der Waals surface area contributed by atoms with Crippen LogP contribution in [0.3, 0.4) is 0 Å². The molecular weight excluding hydrogens is 291 g/mol. The van der Waals surface area contributed by atoms with E-state index in [1.807, 2.05) is 4.90 Å². The van der Waals surface area contributed by atoms with E-state index in [1.54, 1.807) is 0 Å². The summed E-state index contributed by atoms with van der Waals surface area (Å²) in [6.07, 6.45) is 0. The monoisotopic (exact) mass is 306 g/mol. The third-order valence-electron chi connectivity index (χ3n) is 3.23. The predicted molar refractivity (Wildman–Crippen MR) is 75.6 cm³/mol. The lowest BCUT2D eigenvalue weighted by Crippen LogP contribution is -2.41. The number of hydrogen-bond acceptors (Lipinski definition) is 6. The minimum Gasteiger partial charge on any atom is -0.403 e. The number of aromatic nitrogens is 2. The molecule has 1 saturated heterocycles. The molecule has 1 amide bonds. The zero-order valence-corrected chi connectivity index (χ0v) is 11.8. The van der Waals surface area contributed by atoms with Gasteiger partial charge in [0.15, 0.2) is 0 Å². The first-order valence-electron chi connectivity index (χ1n) is 6.90. The van der Waals surface area contributed by atoms with E-state index in [4.69, 9.17) is 9.15 Å². The number of ether oxygens (including phenoxy) is 1. The maximum Gasteiger partial charge on any atom is 0.322 e. The van der Waals surface area contributed by atoms with E-state index in [9.17, 15) is 9.18 Å². The Balaban J connectivity index is 1.59. The first-order chi connectivity index (χ1) is 10.7. The predicted octanol–water partition coefficient (Wildman–Crippen LogP) is 1.15. The van der Waals surface area contributed by atoms with Crippen LogP contribution in [0.1, 0.15) is 0 Å². The number of nitrogens with zero attached hydrogens (tertiary/aromatic N) is 3. The van der Waals surface area contributed by atoms with E-state index >= 15 is 0 Å². The molecule has 3 rings (SSSR count). The zero-order chi connectivity index (χ0) is 15.4. The van der Waals surface area contributed by atoms with Crippen molar-refractivity contribution in [1.82, 2.24) is 15.1 Å². The summed E-state index contributed by atoms with van der Waals surface area (Å²) in [5.74, 6) is -0.347. The van der Waals surface area contributed by atoms with E-state index < -0.39 is 0 Å². The number of carbonyl (C=O) groups is 1. The minimum absolute atomic E-state index is 0.0255. The number of hydrogen-bond donors (Lipinski definition) is 1. The molecule has 1 aliphatic rings. The second-order valence-corrected chi connectivity index (χ2v) is 4.86. The van der Waals surface area contributed by atoms with Gasteiger partial charge in [-0.15, -0.1) is 5.10 Å². The summed E-state index contributed by atoms with van der Waals surface area (Å²) in [5.41, 5.74) is 0.586. The molecule has 1 N–H and O–H groups in total. The first-order valence-corrected chi connectivity index (χ1v) is 6.90. The van der Waals surface area contributed by atoms with E-state index in [0.29, 0.717) is 18.8 Å². The minimum atomic E-state index is -0.345. The molecule has 1 aromatic carbocycles. The highest BCUT2D eigenvalue weighted by Crippen LogP contribution is 2.19. The molecule has 116 valence electrons. The number of halogens is 1. The second-order valence-electron chi connectivity index (χ2n) is 4.86. The molecule has 0 unspecified atom stereocenters. The standard InChI is InChI=1S/C14H15FN4O3/c15-11-3-1-10(2-4-11)13-17-18-14(22-13)16-12(20)9-19-5-7-21-8-6-19/h1-4H,5-9H2,(H,16,18,20). The van der Waals surface area contributed by atoms with Gasteiger partial charge in [0.1, 0.15) is 5.82 Å². The van der Waals surface area contributed by atoms with Crippen LogP contribution in [0.4, 0.5) is 10.4 Å². The maximum absolute atomic E-state index is 12.9. The van der Waals surface area contributed by atoms with E-state index in [-0.39, 0.29) is 30.2 Å². The molecule has 1 aliphatic heterocycles. The van der Waals surface area contributed by atoms with Gasteiger partial charge < -0.3 is 9.15 Å². The number of morpholine rings is 1. The Morgan fingerprint density at radius 3 is 2.68 bits per heavy atom. The number of carbonyl (C=O) groups excluding carboxylic acids is 1. The van der Waals surface area contributed by atoms with Crippen molar-refractivity contribution in [3.8, 4) is 11.5 Å². The van der Waals surface area contributed by atoms with E-state index in [2.05, 4.69) is 15.5 Å². The highest BCUT2D eigenvalue weighted by Gasteiger charge is 2.16. The SMILES string of the molecule is O=C(CN1CCOCC1)Nc1nnc(-c2ccc(F)cc2)o1. The molecule has 8 heteroatoms. The molecule has 2 aromatic rings. The Hall–Kier alpha value is -2.32. The Kier molecular flexibility index (Phi) is 4.40. The lowest BCUT2D eigenvalue weighted by Gasteiger charge is -2.25. The molecule has 1 aromatic heterocycles. The Morgan fingerprint density at radius 2 is 1.95 bits per heavy atom. The summed E-state index contributed by atoms with van der Waals surface area (Å²) in [7, 11) is 0. The number of nitrogens with one attached hydrogen (secondary N) is 1. The lowest BCUT2D eigenvalue weighted by atomic mass is 10.2. The van der Waals surface area contributed by atoms with Crippen LogP contribution in [-0.4, -0.2) is 53.9 Å². The largest absolute Gasteiger partial charge is 0.403 e. The van der Waals surface area contributed by atoms with Crippen molar-refractivity contribution in [3.63, 3.8) is 0 Å². The highest BCUT2D eigenvalue weighted by atomic mass is 19.1. The number of amides is 1. The van der Waals surface area contributed by atoms with Gasteiger partial charge >= 0.3 is 6.01 Å². The van der Waals surface area contributed by atoms with Crippen molar-refractivity contribution in [2.75, 3.05) is 38.2 Å². The van der Waals surface area contributed by atoms with E-state index in [1.165, 1.54) is 24.3 Å². The van der Waals surface area contributed by atoms with Crippen molar-refractivity contribution < 1.29 is 18.3 Å². The van der Waals surface area contributed by atoms with Crippen LogP contribution in [0.5, 0.6) is 0 Å². The third-order valence-corrected chi connectivity index (χ3v) is 3.23. The summed E-state index contributed by atoms with van der Waals surface area (Å²) >= 11 is 0. The van der Waals surface area contributed by atoms with Crippen molar-refractivity contribution >= 4 is 11.9 Å². The van der Waals surface area contributed by atoms with Gasteiger partial charge in [-0.05, 0) is 24.3 Å². The van der Waals surface area contributed by atoms with Gasteiger partial charge in [0.25, 0.3) is 0 Å². The smallest absolute Gasteiger partial charge is 0.322 e. The molecule has 0 saturated carbocycles. The molecule has 7 nitrogen and oxygen atoms in total. The molecule has 0 bridgehead atoms. The quantitative estimate of drug-likeness (QED) is 0.912. The van der Waals surface area contributed by atoms with Crippen LogP contribution in [0, 0.1) is 5.82 Å². The van der Waals surface area contributed by atoms with Crippen LogP contribution < -0.4 is 5.32 Å². The average Bonchev–Trinajstić information content (AvgIpc) is 2.97. The third kappa shape index (κ3) is 3.66. The molecule has 1 fully saturated rings. The van der Waals surface area contributed by atoms with Gasteiger partial charge in [-0.1, -0.05) is 5.10 Å². The lowest BCUT2D eigenvalue weighted by molar-refractivity contribution is -0.118. The van der Waals surface area contributed by atoms with E-state index in [0.717, 1.165) is 13.1 Å². The van der Waals surface area contributed by atoms with Gasteiger partial charge in [0.05, 0.1) is 19.8 Å². The fourth-order valence-electron chi connectivity index (χ4n) is 2.10. The number of benzene rings is 1. The van der Waals surface area contributed by atoms with Gasteiger partial charge in [-0.3, -0.25) is 15.0 Å². The fraction of sp³-hybridized carbons (Fsp3) is 0.357. The van der Waals surface area contributed by atoms with Crippen molar-refractivity contribution in [2.45, 2.75) is 0 Å². The average molecular weight is 306 g/mol. The zero-order valence-electron chi connectivity index (χ0n) is 11.8. The Bertz CT molecular complexity index is 638. The van der Waals surface area contributed by atoms with Gasteiger partial charge in [-0.25, -0.2) is 4.39 Å². The van der Waals surface area contributed by atoms with Crippen molar-refractivity contribution in [2.24, 2.45) is 0 Å². The highest BCUT2D eigenvalue weighted by molar-refractivity contribution is 5.90. The maximum atomic E-state index is 12.9. The van der Waals surface area contributed by atoms with Gasteiger partial charge in [-0.2, -0.15) is 0 Å². The molecule has 2 heterocycles. The van der Waals surface area contributed by atoms with Gasteiger partial charge in [0, 0.05) is 18.7 Å². The molecule has 22 heavy (non-hydrogen) atoms. The number of rotatable bonds is 4. The van der Waals surface area contributed by atoms with Crippen LogP contribution in [0.2, 0.25) is 0 Å².